The van der Waals surface area contributed by atoms with Crippen LogP contribution in [0.2, 0.25) is 0 Å². The van der Waals surface area contributed by atoms with Gasteiger partial charge in [0, 0.05) is 5.69 Å². The number of furan rings is 1. The molecule has 0 radical (unpaired) electrons. The molecule has 1 amide bonds. The van der Waals surface area contributed by atoms with Crippen molar-refractivity contribution in [3.8, 4) is 6.07 Å². The highest BCUT2D eigenvalue weighted by Crippen LogP contribution is 2.11. The average Bonchev–Trinajstić information content (AvgIpc) is 2.92. The summed E-state index contributed by atoms with van der Waals surface area (Å²) in [5.41, 5.74) is 0.534. The first-order chi connectivity index (χ1) is 10.6. The second kappa shape index (κ2) is 7.04. The summed E-state index contributed by atoms with van der Waals surface area (Å²) in [4.78, 5) is 24.0. The van der Waals surface area contributed by atoms with Crippen LogP contribution in [0.1, 0.15) is 11.5 Å². The van der Waals surface area contributed by atoms with Crippen molar-refractivity contribution in [1.29, 1.82) is 5.26 Å². The van der Waals surface area contributed by atoms with Gasteiger partial charge in [0.05, 0.1) is 6.07 Å². The minimum atomic E-state index is -1.40. The van der Waals surface area contributed by atoms with E-state index in [1.807, 2.05) is 0 Å². The van der Waals surface area contributed by atoms with Gasteiger partial charge in [-0.2, -0.15) is 5.26 Å². The van der Waals surface area contributed by atoms with Crippen LogP contribution in [0.5, 0.6) is 0 Å². The first kappa shape index (κ1) is 15.3. The fraction of sp³-hybridized carbons (Fsp3) is 0.118. The van der Waals surface area contributed by atoms with Gasteiger partial charge in [0.15, 0.2) is 11.7 Å². The van der Waals surface area contributed by atoms with E-state index < -0.39 is 17.6 Å². The van der Waals surface area contributed by atoms with E-state index in [0.29, 0.717) is 17.2 Å². The van der Waals surface area contributed by atoms with Crippen molar-refractivity contribution in [3.63, 3.8) is 0 Å². The third-order valence-electron chi connectivity index (χ3n) is 2.89. The summed E-state index contributed by atoms with van der Waals surface area (Å²) >= 11 is 0. The maximum atomic E-state index is 12.0. The molecule has 2 rings (SSSR count). The fourth-order valence-corrected chi connectivity index (χ4v) is 1.79. The standard InChI is InChI=1S/C17H14N2O3/c1-12-7-8-14(22-12)9-10-16(20)15(11-18)17(21)19-13-5-3-2-4-6-13/h2-10,15H,1H3,(H,19,21)/b10-9-/t15-/m1/s1. The SMILES string of the molecule is Cc1ccc(/C=C\C(=O)[C@@H](C#N)C(=O)Nc2ccccc2)o1. The van der Waals surface area contributed by atoms with Crippen LogP contribution in [-0.4, -0.2) is 11.7 Å². The summed E-state index contributed by atoms with van der Waals surface area (Å²) < 4.78 is 5.28. The first-order valence-corrected chi connectivity index (χ1v) is 6.64. The third kappa shape index (κ3) is 3.93. The van der Waals surface area contributed by atoms with Crippen LogP contribution in [0, 0.1) is 24.2 Å². The lowest BCUT2D eigenvalue weighted by Gasteiger charge is -2.07. The zero-order valence-corrected chi connectivity index (χ0v) is 11.9. The maximum absolute atomic E-state index is 12.0. The smallest absolute Gasteiger partial charge is 0.249 e. The van der Waals surface area contributed by atoms with Gasteiger partial charge in [-0.3, -0.25) is 9.59 Å². The quantitative estimate of drug-likeness (QED) is 0.679. The van der Waals surface area contributed by atoms with Gasteiger partial charge in [0.1, 0.15) is 11.5 Å². The lowest BCUT2D eigenvalue weighted by atomic mass is 10.0. The molecule has 0 aliphatic carbocycles. The molecule has 1 aromatic carbocycles. The number of benzene rings is 1. The normalized spacial score (nSPS) is 11.8. The number of rotatable bonds is 5. The van der Waals surface area contributed by atoms with Crippen LogP contribution in [-0.2, 0) is 9.59 Å². The summed E-state index contributed by atoms with van der Waals surface area (Å²) in [6.45, 7) is 1.78. The van der Waals surface area contributed by atoms with Gasteiger partial charge in [-0.25, -0.2) is 0 Å². The second-order valence-corrected chi connectivity index (χ2v) is 4.60. The number of carbonyl (C=O) groups is 2. The molecule has 1 N–H and O–H groups in total. The van der Waals surface area contributed by atoms with E-state index in [2.05, 4.69) is 5.32 Å². The van der Waals surface area contributed by atoms with Crippen LogP contribution in [0.15, 0.2) is 53.0 Å². The third-order valence-corrected chi connectivity index (χ3v) is 2.89. The van der Waals surface area contributed by atoms with Crippen molar-refractivity contribution in [1.82, 2.24) is 0 Å². The molecule has 0 bridgehead atoms. The number of amides is 1. The highest BCUT2D eigenvalue weighted by molar-refractivity contribution is 6.14. The predicted molar refractivity (Wildman–Crippen MR) is 81.7 cm³/mol. The number of hydrogen-bond acceptors (Lipinski definition) is 4. The zero-order chi connectivity index (χ0) is 15.9. The van der Waals surface area contributed by atoms with Crippen molar-refractivity contribution >= 4 is 23.5 Å². The van der Waals surface area contributed by atoms with E-state index in [1.165, 1.54) is 12.2 Å². The van der Waals surface area contributed by atoms with Crippen molar-refractivity contribution in [2.24, 2.45) is 5.92 Å². The Labute approximate surface area is 127 Å². The molecule has 1 aromatic heterocycles. The second-order valence-electron chi connectivity index (χ2n) is 4.60. The summed E-state index contributed by atoms with van der Waals surface area (Å²) in [6.07, 6.45) is 2.62. The van der Waals surface area contributed by atoms with Crippen molar-refractivity contribution in [3.05, 3.63) is 60.1 Å². The molecule has 0 spiro atoms. The topological polar surface area (TPSA) is 83.1 Å². The van der Waals surface area contributed by atoms with Gasteiger partial charge >= 0.3 is 0 Å². The van der Waals surface area contributed by atoms with E-state index in [4.69, 9.17) is 9.68 Å². The van der Waals surface area contributed by atoms with Crippen molar-refractivity contribution in [2.75, 3.05) is 5.32 Å². The molecule has 0 saturated carbocycles. The minimum Gasteiger partial charge on any atom is -0.462 e. The number of nitrogens with one attached hydrogen (secondary N) is 1. The molecule has 1 heterocycles. The number of allylic oxidation sites excluding steroid dienone is 1. The first-order valence-electron chi connectivity index (χ1n) is 6.64. The molecule has 2 aromatic rings. The molecule has 0 fully saturated rings. The molecule has 5 nitrogen and oxygen atoms in total. The van der Waals surface area contributed by atoms with Gasteiger partial charge in [0.25, 0.3) is 0 Å². The molecule has 1 atom stereocenters. The Hall–Kier alpha value is -3.13. The molecule has 5 heteroatoms. The fourth-order valence-electron chi connectivity index (χ4n) is 1.79. The Morgan fingerprint density at radius 3 is 2.55 bits per heavy atom. The number of nitrogens with zero attached hydrogens (tertiary/aromatic N) is 1. The molecular formula is C17H14N2O3. The molecular weight excluding hydrogens is 280 g/mol. The molecule has 0 unspecified atom stereocenters. The van der Waals surface area contributed by atoms with Crippen LogP contribution in [0.25, 0.3) is 6.08 Å². The number of nitriles is 1. The summed E-state index contributed by atoms with van der Waals surface area (Å²) in [7, 11) is 0. The summed E-state index contributed by atoms with van der Waals surface area (Å²) in [6, 6.07) is 13.8. The van der Waals surface area contributed by atoms with Gasteiger partial charge in [0.2, 0.25) is 5.91 Å². The van der Waals surface area contributed by atoms with E-state index in [-0.39, 0.29) is 0 Å². The summed E-state index contributed by atoms with van der Waals surface area (Å²) in [5, 5.41) is 11.6. The van der Waals surface area contributed by atoms with E-state index in [1.54, 1.807) is 55.5 Å². The van der Waals surface area contributed by atoms with E-state index in [0.717, 1.165) is 0 Å². The monoisotopic (exact) mass is 294 g/mol. The van der Waals surface area contributed by atoms with E-state index >= 15 is 0 Å². The Kier molecular flexibility index (Phi) is 4.89. The van der Waals surface area contributed by atoms with Crippen LogP contribution in [0.4, 0.5) is 5.69 Å². The molecule has 22 heavy (non-hydrogen) atoms. The molecule has 0 saturated heterocycles. The van der Waals surface area contributed by atoms with Gasteiger partial charge in [-0.05, 0) is 43.3 Å². The minimum absolute atomic E-state index is 0.492. The van der Waals surface area contributed by atoms with Crippen molar-refractivity contribution < 1.29 is 14.0 Å². The Morgan fingerprint density at radius 1 is 1.23 bits per heavy atom. The van der Waals surface area contributed by atoms with Gasteiger partial charge in [-0.1, -0.05) is 18.2 Å². The Bertz CT molecular complexity index is 739. The predicted octanol–water partition coefficient (Wildman–Crippen LogP) is 2.95. The molecule has 0 aliphatic rings. The lowest BCUT2D eigenvalue weighted by molar-refractivity contribution is -0.126. The zero-order valence-electron chi connectivity index (χ0n) is 11.9. The van der Waals surface area contributed by atoms with Gasteiger partial charge in [-0.15, -0.1) is 0 Å². The molecule has 0 aliphatic heterocycles. The summed E-state index contributed by atoms with van der Waals surface area (Å²) in [5.74, 6) is -1.44. The number of carbonyl (C=O) groups excluding carboxylic acids is 2. The van der Waals surface area contributed by atoms with Gasteiger partial charge < -0.3 is 9.73 Å². The number of para-hydroxylation sites is 1. The lowest BCUT2D eigenvalue weighted by Crippen LogP contribution is -2.27. The average molecular weight is 294 g/mol. The number of ketones is 1. The van der Waals surface area contributed by atoms with Crippen LogP contribution >= 0.6 is 0 Å². The highest BCUT2D eigenvalue weighted by Gasteiger charge is 2.24. The Balaban J connectivity index is 2.04. The maximum Gasteiger partial charge on any atom is 0.249 e. The van der Waals surface area contributed by atoms with E-state index in [9.17, 15) is 9.59 Å². The molecule has 110 valence electrons. The Morgan fingerprint density at radius 2 is 1.95 bits per heavy atom. The van der Waals surface area contributed by atoms with Crippen LogP contribution < -0.4 is 5.32 Å². The number of anilines is 1. The van der Waals surface area contributed by atoms with Crippen LogP contribution in [0.3, 0.4) is 0 Å². The van der Waals surface area contributed by atoms with Crippen molar-refractivity contribution in [2.45, 2.75) is 6.92 Å². The highest BCUT2D eigenvalue weighted by atomic mass is 16.3. The largest absolute Gasteiger partial charge is 0.462 e. The number of hydrogen-bond donors (Lipinski definition) is 1. The number of aryl methyl sites for hydroxylation is 1.